The minimum absolute atomic E-state index is 0.0138. The monoisotopic (exact) mass is 456 g/mol. The number of nitrogens with one attached hydrogen (secondary N) is 1. The van der Waals surface area contributed by atoms with Crippen molar-refractivity contribution >= 4 is 11.9 Å². The fourth-order valence-electron chi connectivity index (χ4n) is 4.76. The van der Waals surface area contributed by atoms with Gasteiger partial charge in [0.1, 0.15) is 0 Å². The van der Waals surface area contributed by atoms with E-state index in [9.17, 15) is 9.59 Å². The summed E-state index contributed by atoms with van der Waals surface area (Å²) in [5, 5.41) is 3.53. The number of amides is 1. The van der Waals surface area contributed by atoms with Gasteiger partial charge in [0, 0.05) is 19.1 Å². The third kappa shape index (κ3) is 5.72. The van der Waals surface area contributed by atoms with E-state index in [0.29, 0.717) is 13.1 Å². The van der Waals surface area contributed by atoms with Crippen LogP contribution < -0.4 is 5.32 Å². The maximum absolute atomic E-state index is 13.8. The molecule has 5 nitrogen and oxygen atoms in total. The second kappa shape index (κ2) is 11.6. The summed E-state index contributed by atoms with van der Waals surface area (Å²) in [6.45, 7) is 1.62. The van der Waals surface area contributed by atoms with Gasteiger partial charge in [0.05, 0.1) is 18.9 Å². The number of rotatable bonds is 9. The third-order valence-electron chi connectivity index (χ3n) is 6.54. The normalized spacial score (nSPS) is 17.6. The zero-order valence-electron chi connectivity index (χ0n) is 19.6. The number of esters is 1. The van der Waals surface area contributed by atoms with Gasteiger partial charge < -0.3 is 15.0 Å². The molecule has 0 bridgehead atoms. The average Bonchev–Trinajstić information content (AvgIpc) is 3.32. The Hall–Kier alpha value is -3.44. The number of methoxy groups -OCH3 is 1. The van der Waals surface area contributed by atoms with E-state index in [1.807, 2.05) is 83.8 Å². The first-order valence-corrected chi connectivity index (χ1v) is 11.9. The predicted molar refractivity (Wildman–Crippen MR) is 133 cm³/mol. The van der Waals surface area contributed by atoms with E-state index in [2.05, 4.69) is 17.4 Å². The van der Waals surface area contributed by atoms with Crippen molar-refractivity contribution in [3.05, 3.63) is 108 Å². The van der Waals surface area contributed by atoms with Crippen LogP contribution in [0, 0.1) is 5.92 Å². The summed E-state index contributed by atoms with van der Waals surface area (Å²) in [4.78, 5) is 28.2. The first kappa shape index (κ1) is 23.7. The van der Waals surface area contributed by atoms with Crippen LogP contribution in [0.4, 0.5) is 0 Å². The number of benzene rings is 3. The molecule has 1 aliphatic heterocycles. The zero-order chi connectivity index (χ0) is 23.8. The minimum atomic E-state index is -0.405. The Morgan fingerprint density at radius 1 is 0.882 bits per heavy atom. The van der Waals surface area contributed by atoms with Gasteiger partial charge in [-0.1, -0.05) is 91.0 Å². The van der Waals surface area contributed by atoms with Crippen molar-refractivity contribution in [2.24, 2.45) is 5.92 Å². The molecule has 3 aromatic rings. The Kier molecular flexibility index (Phi) is 8.10. The van der Waals surface area contributed by atoms with E-state index >= 15 is 0 Å². The van der Waals surface area contributed by atoms with Gasteiger partial charge in [-0.3, -0.25) is 9.59 Å². The lowest BCUT2D eigenvalue weighted by atomic mass is 9.90. The molecule has 0 aromatic heterocycles. The smallest absolute Gasteiger partial charge is 0.312 e. The largest absolute Gasteiger partial charge is 0.469 e. The first-order valence-electron chi connectivity index (χ1n) is 11.9. The van der Waals surface area contributed by atoms with Crippen LogP contribution in [0.5, 0.6) is 0 Å². The summed E-state index contributed by atoms with van der Waals surface area (Å²) in [7, 11) is 1.41. The highest BCUT2D eigenvalue weighted by Gasteiger charge is 2.42. The van der Waals surface area contributed by atoms with Gasteiger partial charge in [-0.05, 0) is 36.1 Å². The molecule has 1 N–H and O–H groups in total. The number of hydrogen-bond acceptors (Lipinski definition) is 4. The molecule has 1 amide bonds. The molecule has 0 spiro atoms. The third-order valence-corrected chi connectivity index (χ3v) is 6.54. The van der Waals surface area contributed by atoms with Gasteiger partial charge in [0.2, 0.25) is 5.91 Å². The highest BCUT2D eigenvalue weighted by molar-refractivity contribution is 5.88. The van der Waals surface area contributed by atoms with E-state index in [1.54, 1.807) is 0 Å². The lowest BCUT2D eigenvalue weighted by molar-refractivity contribution is -0.145. The van der Waals surface area contributed by atoms with Crippen LogP contribution in [0.25, 0.3) is 0 Å². The molecule has 1 fully saturated rings. The van der Waals surface area contributed by atoms with Gasteiger partial charge in [0.15, 0.2) is 0 Å². The van der Waals surface area contributed by atoms with E-state index in [0.717, 1.165) is 30.5 Å². The second-order valence-electron chi connectivity index (χ2n) is 8.78. The van der Waals surface area contributed by atoms with Crippen LogP contribution in [0.15, 0.2) is 91.0 Å². The fourth-order valence-corrected chi connectivity index (χ4v) is 4.76. The standard InChI is InChI=1S/C29H32N2O3/c1-34-29(33)25-20-31(21-26(25)30-19-11-14-22-12-5-2-6-13-22)28(32)27(23-15-7-3-8-16-23)24-17-9-4-10-18-24/h2-10,12-13,15-18,25-27,30H,11,14,19-21H2,1H3/t25-,26-/m1/s1. The van der Waals surface area contributed by atoms with Crippen molar-refractivity contribution in [2.45, 2.75) is 24.8 Å². The maximum atomic E-state index is 13.8. The molecule has 3 aromatic carbocycles. The molecule has 0 radical (unpaired) electrons. The molecular formula is C29H32N2O3. The maximum Gasteiger partial charge on any atom is 0.312 e. The van der Waals surface area contributed by atoms with Gasteiger partial charge in [-0.25, -0.2) is 0 Å². The number of likely N-dealkylation sites (tertiary alicyclic amines) is 1. The Labute approximate surface area is 201 Å². The molecule has 34 heavy (non-hydrogen) atoms. The molecule has 0 saturated carbocycles. The summed E-state index contributed by atoms with van der Waals surface area (Å²) in [6.07, 6.45) is 1.93. The Morgan fingerprint density at radius 3 is 2.00 bits per heavy atom. The molecule has 1 saturated heterocycles. The predicted octanol–water partition coefficient (Wildman–Crippen LogP) is 4.04. The van der Waals surface area contributed by atoms with Crippen molar-refractivity contribution in [2.75, 3.05) is 26.7 Å². The number of carbonyl (C=O) groups is 2. The topological polar surface area (TPSA) is 58.6 Å². The van der Waals surface area contributed by atoms with Crippen molar-refractivity contribution in [1.29, 1.82) is 0 Å². The van der Waals surface area contributed by atoms with Crippen molar-refractivity contribution in [3.63, 3.8) is 0 Å². The molecule has 2 atom stereocenters. The molecule has 176 valence electrons. The number of hydrogen-bond donors (Lipinski definition) is 1. The number of carbonyl (C=O) groups excluding carboxylic acids is 2. The van der Waals surface area contributed by atoms with Crippen molar-refractivity contribution < 1.29 is 14.3 Å². The molecule has 1 aliphatic rings. The highest BCUT2D eigenvalue weighted by atomic mass is 16.5. The van der Waals surface area contributed by atoms with Crippen LogP contribution in [-0.2, 0) is 20.7 Å². The van der Waals surface area contributed by atoms with Crippen LogP contribution in [0.1, 0.15) is 29.0 Å². The van der Waals surface area contributed by atoms with Gasteiger partial charge in [-0.15, -0.1) is 0 Å². The van der Waals surface area contributed by atoms with Crippen LogP contribution in [0.3, 0.4) is 0 Å². The number of ether oxygens (including phenoxy) is 1. The van der Waals surface area contributed by atoms with E-state index in [1.165, 1.54) is 12.7 Å². The van der Waals surface area contributed by atoms with Crippen LogP contribution in [-0.4, -0.2) is 49.6 Å². The second-order valence-corrected chi connectivity index (χ2v) is 8.78. The highest BCUT2D eigenvalue weighted by Crippen LogP contribution is 2.30. The Morgan fingerprint density at radius 2 is 1.44 bits per heavy atom. The van der Waals surface area contributed by atoms with Gasteiger partial charge >= 0.3 is 5.97 Å². The minimum Gasteiger partial charge on any atom is -0.469 e. The van der Waals surface area contributed by atoms with Crippen molar-refractivity contribution in [3.8, 4) is 0 Å². The summed E-state index contributed by atoms with van der Waals surface area (Å²) < 4.78 is 5.08. The summed E-state index contributed by atoms with van der Waals surface area (Å²) in [6, 6.07) is 29.9. The Bertz CT molecular complexity index is 1020. The summed E-state index contributed by atoms with van der Waals surface area (Å²) >= 11 is 0. The number of nitrogens with zero attached hydrogens (tertiary/aromatic N) is 1. The summed E-state index contributed by atoms with van der Waals surface area (Å²) in [5.74, 6) is -1.04. The van der Waals surface area contributed by atoms with Crippen LogP contribution in [0.2, 0.25) is 0 Å². The van der Waals surface area contributed by atoms with Gasteiger partial charge in [0.25, 0.3) is 0 Å². The zero-order valence-corrected chi connectivity index (χ0v) is 19.6. The fraction of sp³-hybridized carbons (Fsp3) is 0.310. The number of aryl methyl sites for hydroxylation is 1. The van der Waals surface area contributed by atoms with Crippen LogP contribution >= 0.6 is 0 Å². The van der Waals surface area contributed by atoms with Crippen molar-refractivity contribution in [1.82, 2.24) is 10.2 Å². The lowest BCUT2D eigenvalue weighted by Gasteiger charge is -2.24. The Balaban J connectivity index is 1.46. The molecule has 1 heterocycles. The lowest BCUT2D eigenvalue weighted by Crippen LogP contribution is -2.41. The molecule has 0 unspecified atom stereocenters. The average molecular weight is 457 g/mol. The first-order chi connectivity index (χ1) is 16.7. The van der Waals surface area contributed by atoms with Gasteiger partial charge in [-0.2, -0.15) is 0 Å². The molecular weight excluding hydrogens is 424 g/mol. The molecule has 4 rings (SSSR count). The van der Waals surface area contributed by atoms with E-state index < -0.39 is 5.92 Å². The molecule has 0 aliphatic carbocycles. The molecule has 5 heteroatoms. The van der Waals surface area contributed by atoms with E-state index in [-0.39, 0.29) is 23.8 Å². The quantitative estimate of drug-likeness (QED) is 0.390. The van der Waals surface area contributed by atoms with E-state index in [4.69, 9.17) is 4.74 Å². The summed E-state index contributed by atoms with van der Waals surface area (Å²) in [5.41, 5.74) is 3.20. The SMILES string of the molecule is COC(=O)[C@@H]1CN(C(=O)C(c2ccccc2)c2ccccc2)C[C@H]1NCCCc1ccccc1.